The van der Waals surface area contributed by atoms with E-state index in [1.807, 2.05) is 0 Å². The minimum absolute atomic E-state index is 0.0659. The van der Waals surface area contributed by atoms with Gasteiger partial charge in [0.2, 0.25) is 0 Å². The number of para-hydroxylation sites is 2. The number of rotatable bonds is 7. The van der Waals surface area contributed by atoms with E-state index >= 15 is 0 Å². The number of amides is 1. The molecule has 0 aromatic heterocycles. The van der Waals surface area contributed by atoms with E-state index in [4.69, 9.17) is 21.4 Å². The smallest absolute Gasteiger partial charge is 0.340 e. The summed E-state index contributed by atoms with van der Waals surface area (Å²) in [6.07, 6.45) is 0. The highest BCUT2D eigenvalue weighted by Crippen LogP contribution is 2.20. The zero-order valence-electron chi connectivity index (χ0n) is 12.8. The van der Waals surface area contributed by atoms with Gasteiger partial charge in [0, 0.05) is 12.2 Å². The second-order valence-corrected chi connectivity index (χ2v) is 5.21. The summed E-state index contributed by atoms with van der Waals surface area (Å²) in [5, 5.41) is 14.7. The third kappa shape index (κ3) is 4.97. The highest BCUT2D eigenvalue weighted by Gasteiger charge is 2.14. The number of anilines is 2. The fourth-order valence-electron chi connectivity index (χ4n) is 1.96. The maximum atomic E-state index is 12.1. The summed E-state index contributed by atoms with van der Waals surface area (Å²) in [6, 6.07) is 13.5. The summed E-state index contributed by atoms with van der Waals surface area (Å²) in [6.45, 7) is -0.195. The van der Waals surface area contributed by atoms with E-state index in [0.717, 1.165) is 0 Å². The first-order valence-corrected chi connectivity index (χ1v) is 7.65. The molecule has 2 rings (SSSR count). The van der Waals surface area contributed by atoms with E-state index in [0.29, 0.717) is 22.9 Å². The van der Waals surface area contributed by atoms with E-state index in [9.17, 15) is 9.59 Å². The molecule has 0 spiro atoms. The first-order valence-electron chi connectivity index (χ1n) is 7.27. The molecule has 2 aromatic rings. The summed E-state index contributed by atoms with van der Waals surface area (Å²) in [5.74, 6) is -1.12. The van der Waals surface area contributed by atoms with Crippen molar-refractivity contribution in [2.75, 3.05) is 30.4 Å². The standard InChI is InChI=1S/C17H17ClN2O4/c18-13-6-2-4-8-15(13)20-16(22)11-24-17(23)12-5-1-3-7-14(12)19-9-10-21/h1-8,19,21H,9-11H2,(H,20,22). The molecule has 24 heavy (non-hydrogen) atoms. The number of carbonyl (C=O) groups is 2. The van der Waals surface area contributed by atoms with Crippen molar-refractivity contribution in [1.82, 2.24) is 0 Å². The van der Waals surface area contributed by atoms with Crippen LogP contribution in [0, 0.1) is 0 Å². The molecule has 0 bridgehead atoms. The molecular formula is C17H17ClN2O4. The lowest BCUT2D eigenvalue weighted by atomic mass is 10.2. The Bertz CT molecular complexity index is 721. The molecule has 6 nitrogen and oxygen atoms in total. The highest BCUT2D eigenvalue weighted by atomic mass is 35.5. The van der Waals surface area contributed by atoms with E-state index in [2.05, 4.69) is 10.6 Å². The van der Waals surface area contributed by atoms with E-state index in [-0.39, 0.29) is 12.2 Å². The number of esters is 1. The lowest BCUT2D eigenvalue weighted by Crippen LogP contribution is -2.21. The maximum Gasteiger partial charge on any atom is 0.340 e. The minimum atomic E-state index is -0.634. The molecule has 0 fully saturated rings. The van der Waals surface area contributed by atoms with Gasteiger partial charge < -0.3 is 20.5 Å². The number of aliphatic hydroxyl groups is 1. The molecule has 0 aliphatic heterocycles. The van der Waals surface area contributed by atoms with Crippen LogP contribution in [0.5, 0.6) is 0 Å². The molecule has 0 atom stereocenters. The predicted molar refractivity (Wildman–Crippen MR) is 92.4 cm³/mol. The number of hydrogen-bond acceptors (Lipinski definition) is 5. The fourth-order valence-corrected chi connectivity index (χ4v) is 2.15. The second kappa shape index (κ2) is 8.90. The first-order chi connectivity index (χ1) is 11.6. The van der Waals surface area contributed by atoms with Gasteiger partial charge in [0.1, 0.15) is 0 Å². The Morgan fingerprint density at radius 3 is 2.42 bits per heavy atom. The van der Waals surface area contributed by atoms with Crippen LogP contribution in [0.1, 0.15) is 10.4 Å². The van der Waals surface area contributed by atoms with Crippen molar-refractivity contribution in [3.05, 3.63) is 59.1 Å². The number of ether oxygens (including phenoxy) is 1. The fraction of sp³-hybridized carbons (Fsp3) is 0.176. The molecule has 3 N–H and O–H groups in total. The highest BCUT2D eigenvalue weighted by molar-refractivity contribution is 6.33. The van der Waals surface area contributed by atoms with Gasteiger partial charge in [0.15, 0.2) is 6.61 Å². The maximum absolute atomic E-state index is 12.1. The molecule has 0 saturated heterocycles. The van der Waals surface area contributed by atoms with Crippen LogP contribution in [0.4, 0.5) is 11.4 Å². The quantitative estimate of drug-likeness (QED) is 0.669. The molecule has 126 valence electrons. The minimum Gasteiger partial charge on any atom is -0.452 e. The lowest BCUT2D eigenvalue weighted by Gasteiger charge is -2.11. The molecule has 0 unspecified atom stereocenters. The monoisotopic (exact) mass is 348 g/mol. The Labute approximate surface area is 144 Å². The average molecular weight is 349 g/mol. The van der Waals surface area contributed by atoms with Crippen molar-refractivity contribution < 1.29 is 19.4 Å². The van der Waals surface area contributed by atoms with Crippen LogP contribution >= 0.6 is 11.6 Å². The van der Waals surface area contributed by atoms with Gasteiger partial charge in [0.05, 0.1) is 22.9 Å². The van der Waals surface area contributed by atoms with Crippen LogP contribution in [0.3, 0.4) is 0 Å². The topological polar surface area (TPSA) is 87.7 Å². The van der Waals surface area contributed by atoms with Crippen LogP contribution < -0.4 is 10.6 Å². The number of halogens is 1. The Balaban J connectivity index is 1.93. The number of benzene rings is 2. The van der Waals surface area contributed by atoms with Crippen LogP contribution in [-0.4, -0.2) is 36.7 Å². The Kier molecular flexibility index (Phi) is 6.60. The zero-order valence-corrected chi connectivity index (χ0v) is 13.5. The molecule has 0 aliphatic rings. The summed E-state index contributed by atoms with van der Waals surface area (Å²) < 4.78 is 5.03. The number of aliphatic hydroxyl groups excluding tert-OH is 1. The van der Waals surface area contributed by atoms with E-state index < -0.39 is 18.5 Å². The largest absolute Gasteiger partial charge is 0.452 e. The number of hydrogen-bond donors (Lipinski definition) is 3. The number of carbonyl (C=O) groups excluding carboxylic acids is 2. The van der Waals surface area contributed by atoms with Gasteiger partial charge in [0.25, 0.3) is 5.91 Å². The van der Waals surface area contributed by atoms with Crippen molar-refractivity contribution in [2.45, 2.75) is 0 Å². The van der Waals surface area contributed by atoms with Crippen molar-refractivity contribution in [2.24, 2.45) is 0 Å². The molecule has 0 radical (unpaired) electrons. The van der Waals surface area contributed by atoms with Gasteiger partial charge in [-0.05, 0) is 24.3 Å². The summed E-state index contributed by atoms with van der Waals surface area (Å²) >= 11 is 5.95. The van der Waals surface area contributed by atoms with Gasteiger partial charge in [-0.1, -0.05) is 35.9 Å². The third-order valence-electron chi connectivity index (χ3n) is 3.06. The molecule has 1 amide bonds. The molecule has 0 heterocycles. The SMILES string of the molecule is O=C(COC(=O)c1ccccc1NCCO)Nc1ccccc1Cl. The number of nitrogens with one attached hydrogen (secondary N) is 2. The Morgan fingerprint density at radius 2 is 1.71 bits per heavy atom. The van der Waals surface area contributed by atoms with Gasteiger partial charge in [-0.2, -0.15) is 0 Å². The predicted octanol–water partition coefficient (Wildman–Crippen LogP) is 2.54. The molecule has 2 aromatic carbocycles. The van der Waals surface area contributed by atoms with Crippen LogP contribution in [0.25, 0.3) is 0 Å². The molecule has 7 heteroatoms. The molecule has 0 saturated carbocycles. The Morgan fingerprint density at radius 1 is 1.04 bits per heavy atom. The van der Waals surface area contributed by atoms with Crippen molar-refractivity contribution in [3.8, 4) is 0 Å². The van der Waals surface area contributed by atoms with Crippen LogP contribution in [-0.2, 0) is 9.53 Å². The van der Waals surface area contributed by atoms with E-state index in [1.165, 1.54) is 0 Å². The van der Waals surface area contributed by atoms with Crippen molar-refractivity contribution in [1.29, 1.82) is 0 Å². The van der Waals surface area contributed by atoms with Gasteiger partial charge >= 0.3 is 5.97 Å². The summed E-state index contributed by atoms with van der Waals surface area (Å²) in [5.41, 5.74) is 1.27. The molecular weight excluding hydrogens is 332 g/mol. The van der Waals surface area contributed by atoms with Gasteiger partial charge in [-0.3, -0.25) is 4.79 Å². The van der Waals surface area contributed by atoms with Gasteiger partial charge in [-0.25, -0.2) is 4.79 Å². The van der Waals surface area contributed by atoms with Crippen molar-refractivity contribution >= 4 is 34.9 Å². The Hall–Kier alpha value is -2.57. The summed E-state index contributed by atoms with van der Waals surface area (Å²) in [7, 11) is 0. The van der Waals surface area contributed by atoms with Crippen LogP contribution in [0.15, 0.2) is 48.5 Å². The average Bonchev–Trinajstić information content (AvgIpc) is 2.60. The van der Waals surface area contributed by atoms with E-state index in [1.54, 1.807) is 48.5 Å². The van der Waals surface area contributed by atoms with Gasteiger partial charge in [-0.15, -0.1) is 0 Å². The molecule has 0 aliphatic carbocycles. The third-order valence-corrected chi connectivity index (χ3v) is 3.39. The zero-order chi connectivity index (χ0) is 17.4. The summed E-state index contributed by atoms with van der Waals surface area (Å²) in [4.78, 5) is 24.0. The lowest BCUT2D eigenvalue weighted by molar-refractivity contribution is -0.119. The normalized spacial score (nSPS) is 10.1. The second-order valence-electron chi connectivity index (χ2n) is 4.80. The first kappa shape index (κ1) is 17.8. The van der Waals surface area contributed by atoms with Crippen molar-refractivity contribution in [3.63, 3.8) is 0 Å². The van der Waals surface area contributed by atoms with Crippen LogP contribution in [0.2, 0.25) is 5.02 Å².